The number of carbonyl (C=O) groups is 1. The van der Waals surface area contributed by atoms with Crippen LogP contribution in [0, 0.1) is 0 Å². The Hall–Kier alpha value is -0.380. The van der Waals surface area contributed by atoms with Crippen LogP contribution in [0.15, 0.2) is 18.2 Å². The summed E-state index contributed by atoms with van der Waals surface area (Å²) in [7, 11) is 0. The van der Waals surface area contributed by atoms with Crippen LogP contribution in [0.25, 0.3) is 10.1 Å². The lowest BCUT2D eigenvalue weighted by molar-refractivity contribution is 0.112. The summed E-state index contributed by atoms with van der Waals surface area (Å²) in [5, 5.41) is 2.37. The molecule has 72 valence electrons. The van der Waals surface area contributed by atoms with Gasteiger partial charge in [0, 0.05) is 20.4 Å². The van der Waals surface area contributed by atoms with Crippen LogP contribution in [-0.2, 0) is 5.33 Å². The molecule has 0 atom stereocenters. The van der Waals surface area contributed by atoms with E-state index in [1.807, 2.05) is 18.2 Å². The molecular formula is C10H6BrClOS. The highest BCUT2D eigenvalue weighted by atomic mass is 79.9. The maximum atomic E-state index is 10.8. The molecule has 0 amide bonds. The number of hydrogen-bond donors (Lipinski definition) is 0. The Labute approximate surface area is 98.8 Å². The predicted molar refractivity (Wildman–Crippen MR) is 64.9 cm³/mol. The Bertz CT molecular complexity index is 492. The lowest BCUT2D eigenvalue weighted by Crippen LogP contribution is -1.81. The zero-order valence-electron chi connectivity index (χ0n) is 7.09. The van der Waals surface area contributed by atoms with E-state index >= 15 is 0 Å². The van der Waals surface area contributed by atoms with E-state index in [0.29, 0.717) is 10.4 Å². The van der Waals surface area contributed by atoms with Crippen molar-refractivity contribution < 1.29 is 4.79 Å². The summed E-state index contributed by atoms with van der Waals surface area (Å²) in [4.78, 5) is 11.6. The topological polar surface area (TPSA) is 17.1 Å². The van der Waals surface area contributed by atoms with Crippen molar-refractivity contribution in [2.75, 3.05) is 0 Å². The molecule has 0 unspecified atom stereocenters. The predicted octanol–water partition coefficient (Wildman–Crippen LogP) is 4.26. The molecule has 0 aliphatic carbocycles. The maximum absolute atomic E-state index is 10.8. The Morgan fingerprint density at radius 2 is 2.29 bits per heavy atom. The van der Waals surface area contributed by atoms with Gasteiger partial charge < -0.3 is 0 Å². The van der Waals surface area contributed by atoms with E-state index in [9.17, 15) is 4.79 Å². The zero-order chi connectivity index (χ0) is 10.1. The van der Waals surface area contributed by atoms with Gasteiger partial charge in [0.05, 0.1) is 4.88 Å². The normalized spacial score (nSPS) is 10.7. The van der Waals surface area contributed by atoms with Crippen LogP contribution in [0.5, 0.6) is 0 Å². The van der Waals surface area contributed by atoms with Crippen molar-refractivity contribution >= 4 is 55.2 Å². The molecule has 2 rings (SSSR count). The number of rotatable bonds is 2. The molecule has 0 saturated carbocycles. The molecule has 1 nitrogen and oxygen atoms in total. The number of benzene rings is 1. The first-order chi connectivity index (χ1) is 6.77. The Balaban J connectivity index is 2.88. The number of alkyl halides is 1. The summed E-state index contributed by atoms with van der Waals surface area (Å²) in [6.45, 7) is 0. The molecular weight excluding hydrogens is 284 g/mol. The van der Waals surface area contributed by atoms with Crippen LogP contribution >= 0.6 is 38.9 Å². The summed E-state index contributed by atoms with van der Waals surface area (Å²) < 4.78 is 1.06. The fraction of sp³-hybridized carbons (Fsp3) is 0.100. The Morgan fingerprint density at radius 1 is 1.50 bits per heavy atom. The van der Waals surface area contributed by atoms with Crippen LogP contribution in [0.2, 0.25) is 5.02 Å². The third kappa shape index (κ3) is 1.49. The third-order valence-electron chi connectivity index (χ3n) is 2.04. The number of carbonyl (C=O) groups excluding carboxylic acids is 1. The molecule has 0 fully saturated rings. The first-order valence-corrected chi connectivity index (χ1v) is 6.30. The van der Waals surface area contributed by atoms with Gasteiger partial charge in [0.15, 0.2) is 6.29 Å². The SMILES string of the molecule is O=Cc1sc2cccc(Cl)c2c1CBr. The van der Waals surface area contributed by atoms with Crippen molar-refractivity contribution in [3.63, 3.8) is 0 Å². The molecule has 0 N–H and O–H groups in total. The van der Waals surface area contributed by atoms with Gasteiger partial charge in [0.2, 0.25) is 0 Å². The molecule has 1 heterocycles. The third-order valence-corrected chi connectivity index (χ3v) is 4.03. The fourth-order valence-electron chi connectivity index (χ4n) is 1.41. The quantitative estimate of drug-likeness (QED) is 0.596. The highest BCUT2D eigenvalue weighted by molar-refractivity contribution is 9.08. The average Bonchev–Trinajstić information content (AvgIpc) is 2.56. The van der Waals surface area contributed by atoms with Crippen molar-refractivity contribution in [2.24, 2.45) is 0 Å². The molecule has 4 heteroatoms. The molecule has 0 radical (unpaired) electrons. The van der Waals surface area contributed by atoms with Gasteiger partial charge in [-0.1, -0.05) is 33.6 Å². The average molecular weight is 290 g/mol. The molecule has 0 aliphatic heterocycles. The molecule has 2 aromatic rings. The van der Waals surface area contributed by atoms with Crippen LogP contribution in [0.1, 0.15) is 15.2 Å². The van der Waals surface area contributed by atoms with Crippen LogP contribution < -0.4 is 0 Å². The Kier molecular flexibility index (Phi) is 2.91. The van der Waals surface area contributed by atoms with Crippen molar-refractivity contribution in [3.05, 3.63) is 33.7 Å². The monoisotopic (exact) mass is 288 g/mol. The van der Waals surface area contributed by atoms with Gasteiger partial charge in [-0.3, -0.25) is 4.79 Å². The summed E-state index contributed by atoms with van der Waals surface area (Å²) in [5.41, 5.74) is 0.991. The largest absolute Gasteiger partial charge is 0.297 e. The highest BCUT2D eigenvalue weighted by Crippen LogP contribution is 2.36. The number of aldehydes is 1. The first kappa shape index (κ1) is 10.1. The van der Waals surface area contributed by atoms with E-state index in [1.165, 1.54) is 11.3 Å². The highest BCUT2D eigenvalue weighted by Gasteiger charge is 2.12. The van der Waals surface area contributed by atoms with Crippen LogP contribution in [0.3, 0.4) is 0 Å². The van der Waals surface area contributed by atoms with Crippen molar-refractivity contribution in [1.29, 1.82) is 0 Å². The lowest BCUT2D eigenvalue weighted by atomic mass is 10.1. The first-order valence-electron chi connectivity index (χ1n) is 3.99. The van der Waals surface area contributed by atoms with Gasteiger partial charge in [-0.2, -0.15) is 0 Å². The number of hydrogen-bond acceptors (Lipinski definition) is 2. The van der Waals surface area contributed by atoms with Crippen molar-refractivity contribution in [2.45, 2.75) is 5.33 Å². The molecule has 0 aliphatic rings. The smallest absolute Gasteiger partial charge is 0.160 e. The second-order valence-corrected chi connectivity index (χ2v) is 4.86. The van der Waals surface area contributed by atoms with E-state index in [-0.39, 0.29) is 0 Å². The fourth-order valence-corrected chi connectivity index (χ4v) is 3.59. The maximum Gasteiger partial charge on any atom is 0.160 e. The summed E-state index contributed by atoms with van der Waals surface area (Å²) in [5.74, 6) is 0. The molecule has 0 bridgehead atoms. The molecule has 14 heavy (non-hydrogen) atoms. The van der Waals surface area contributed by atoms with Crippen LogP contribution in [-0.4, -0.2) is 6.29 Å². The van der Waals surface area contributed by atoms with Gasteiger partial charge in [0.1, 0.15) is 0 Å². The second kappa shape index (κ2) is 4.01. The number of thiophene rings is 1. The summed E-state index contributed by atoms with van der Waals surface area (Å²) >= 11 is 10.9. The second-order valence-electron chi connectivity index (χ2n) is 2.81. The van der Waals surface area contributed by atoms with Crippen molar-refractivity contribution in [1.82, 2.24) is 0 Å². The molecule has 1 aromatic heterocycles. The van der Waals surface area contributed by atoms with E-state index in [2.05, 4.69) is 15.9 Å². The van der Waals surface area contributed by atoms with E-state index in [0.717, 1.165) is 26.8 Å². The van der Waals surface area contributed by atoms with E-state index < -0.39 is 0 Å². The number of fused-ring (bicyclic) bond motifs is 1. The van der Waals surface area contributed by atoms with Gasteiger partial charge in [-0.05, 0) is 17.7 Å². The molecule has 0 spiro atoms. The van der Waals surface area contributed by atoms with E-state index in [1.54, 1.807) is 0 Å². The van der Waals surface area contributed by atoms with Gasteiger partial charge in [-0.25, -0.2) is 0 Å². The minimum absolute atomic E-state index is 0.658. The summed E-state index contributed by atoms with van der Waals surface area (Å²) in [6.07, 6.45) is 0.886. The molecule has 1 aromatic carbocycles. The van der Waals surface area contributed by atoms with Gasteiger partial charge >= 0.3 is 0 Å². The van der Waals surface area contributed by atoms with Crippen LogP contribution in [0.4, 0.5) is 0 Å². The Morgan fingerprint density at radius 3 is 2.93 bits per heavy atom. The molecule has 0 saturated heterocycles. The van der Waals surface area contributed by atoms with Crippen molar-refractivity contribution in [3.8, 4) is 0 Å². The zero-order valence-corrected chi connectivity index (χ0v) is 10.2. The standard InChI is InChI=1S/C10H6BrClOS/c11-4-6-9(5-13)14-8-3-1-2-7(12)10(6)8/h1-3,5H,4H2. The van der Waals surface area contributed by atoms with Gasteiger partial charge in [-0.15, -0.1) is 11.3 Å². The van der Waals surface area contributed by atoms with Gasteiger partial charge in [0.25, 0.3) is 0 Å². The van der Waals surface area contributed by atoms with E-state index in [4.69, 9.17) is 11.6 Å². The minimum Gasteiger partial charge on any atom is -0.297 e. The summed E-state index contributed by atoms with van der Waals surface area (Å²) in [6, 6.07) is 5.72. The lowest BCUT2D eigenvalue weighted by Gasteiger charge is -1.96. The number of halogens is 2. The minimum atomic E-state index is 0.658.